The number of ether oxygens (including phenoxy) is 2. The van der Waals surface area contributed by atoms with Gasteiger partial charge in [0.25, 0.3) is 0 Å². The Balaban J connectivity index is 3.17. The molecule has 1 N–H and O–H groups in total. The first-order valence-electron chi connectivity index (χ1n) is 10.9. The molecule has 0 bridgehead atoms. The SMILES string of the molecule is COCO[C@@H](C#C[Si](C)(C)C)[C@H](NCc1ccccc1)[C@@H](C)O[Si](C)(C)C(C)(C)C. The average Bonchev–Trinajstić information content (AvgIpc) is 2.62. The van der Waals surface area contributed by atoms with Gasteiger partial charge < -0.3 is 19.2 Å². The maximum atomic E-state index is 6.74. The largest absolute Gasteiger partial charge is 0.412 e. The van der Waals surface area contributed by atoms with E-state index in [1.807, 2.05) is 6.07 Å². The van der Waals surface area contributed by atoms with E-state index in [0.717, 1.165) is 6.54 Å². The first kappa shape index (κ1) is 27.1. The van der Waals surface area contributed by atoms with Crippen LogP contribution >= 0.6 is 0 Å². The van der Waals surface area contributed by atoms with Gasteiger partial charge in [0.05, 0.1) is 12.1 Å². The number of methoxy groups -OCH3 is 1. The lowest BCUT2D eigenvalue weighted by Gasteiger charge is -2.41. The summed E-state index contributed by atoms with van der Waals surface area (Å²) in [5.74, 6) is 3.42. The van der Waals surface area contributed by atoms with Crippen LogP contribution in [0.1, 0.15) is 33.3 Å². The Labute approximate surface area is 187 Å². The summed E-state index contributed by atoms with van der Waals surface area (Å²) >= 11 is 0. The Bertz CT molecular complexity index is 684. The van der Waals surface area contributed by atoms with Crippen molar-refractivity contribution in [1.29, 1.82) is 0 Å². The van der Waals surface area contributed by atoms with Crippen LogP contribution in [0, 0.1) is 11.5 Å². The lowest BCUT2D eigenvalue weighted by molar-refractivity contribution is -0.0740. The van der Waals surface area contributed by atoms with Gasteiger partial charge in [-0.25, -0.2) is 0 Å². The minimum absolute atomic E-state index is 0.0487. The maximum Gasteiger partial charge on any atom is 0.192 e. The summed E-state index contributed by atoms with van der Waals surface area (Å²) in [5.41, 5.74) is 4.71. The van der Waals surface area contributed by atoms with Gasteiger partial charge in [-0.05, 0) is 30.6 Å². The summed E-state index contributed by atoms with van der Waals surface area (Å²) in [6.45, 7) is 21.2. The van der Waals surface area contributed by atoms with Crippen molar-refractivity contribution in [1.82, 2.24) is 5.32 Å². The van der Waals surface area contributed by atoms with Crippen molar-refractivity contribution in [2.75, 3.05) is 13.9 Å². The molecule has 0 aliphatic rings. The van der Waals surface area contributed by atoms with Crippen molar-refractivity contribution >= 4 is 16.4 Å². The van der Waals surface area contributed by atoms with Gasteiger partial charge in [0.1, 0.15) is 21.0 Å². The summed E-state index contributed by atoms with van der Waals surface area (Å²) in [7, 11) is -1.84. The standard InChI is InChI=1S/C24H43NO3Si2/c1-20(28-30(9,10)24(2,3)4)23(25-18-21-14-12-11-13-15-21)22(27-19-26-5)16-17-29(6,7)8/h11-15,20,22-23,25H,18-19H2,1-10H3/t20-,22+,23-/m1/s1. The van der Waals surface area contributed by atoms with E-state index in [2.05, 4.69) is 101 Å². The normalized spacial score (nSPS) is 15.8. The molecule has 4 nitrogen and oxygen atoms in total. The van der Waals surface area contributed by atoms with Crippen molar-refractivity contribution in [3.8, 4) is 11.5 Å². The second-order valence-electron chi connectivity index (χ2n) is 10.5. The van der Waals surface area contributed by atoms with Crippen LogP contribution in [0.15, 0.2) is 30.3 Å². The van der Waals surface area contributed by atoms with Crippen molar-refractivity contribution in [2.45, 2.75) is 90.3 Å². The van der Waals surface area contributed by atoms with Crippen LogP contribution < -0.4 is 5.32 Å². The van der Waals surface area contributed by atoms with Crippen LogP contribution in [-0.2, 0) is 20.4 Å². The van der Waals surface area contributed by atoms with Crippen LogP contribution in [0.4, 0.5) is 0 Å². The van der Waals surface area contributed by atoms with Crippen LogP contribution in [-0.4, -0.2) is 48.5 Å². The minimum atomic E-state index is -1.94. The Hall–Kier alpha value is -0.946. The van der Waals surface area contributed by atoms with E-state index in [9.17, 15) is 0 Å². The molecule has 0 aliphatic carbocycles. The average molecular weight is 450 g/mol. The molecule has 0 aromatic heterocycles. The highest BCUT2D eigenvalue weighted by Gasteiger charge is 2.41. The van der Waals surface area contributed by atoms with Gasteiger partial charge >= 0.3 is 0 Å². The fraction of sp³-hybridized carbons (Fsp3) is 0.667. The molecule has 1 aromatic carbocycles. The molecule has 170 valence electrons. The number of nitrogens with one attached hydrogen (secondary N) is 1. The summed E-state index contributed by atoms with van der Waals surface area (Å²) in [5, 5.41) is 3.82. The Kier molecular flexibility index (Phi) is 10.5. The molecule has 0 aliphatic heterocycles. The fourth-order valence-corrected chi connectivity index (χ4v) is 4.73. The molecule has 1 aromatic rings. The van der Waals surface area contributed by atoms with Gasteiger partial charge in [0.2, 0.25) is 0 Å². The van der Waals surface area contributed by atoms with Crippen molar-refractivity contribution < 1.29 is 13.9 Å². The van der Waals surface area contributed by atoms with Crippen LogP contribution in [0.25, 0.3) is 0 Å². The first-order valence-corrected chi connectivity index (χ1v) is 17.3. The second kappa shape index (κ2) is 11.6. The van der Waals surface area contributed by atoms with Gasteiger partial charge in [-0.1, -0.05) is 76.7 Å². The van der Waals surface area contributed by atoms with E-state index in [0.29, 0.717) is 0 Å². The molecule has 1 rings (SSSR count). The molecule has 0 amide bonds. The van der Waals surface area contributed by atoms with E-state index >= 15 is 0 Å². The van der Waals surface area contributed by atoms with Crippen molar-refractivity contribution in [2.24, 2.45) is 0 Å². The molecule has 3 atom stereocenters. The smallest absolute Gasteiger partial charge is 0.192 e. The molecule has 0 radical (unpaired) electrons. The van der Waals surface area contributed by atoms with Crippen LogP contribution in [0.2, 0.25) is 37.8 Å². The zero-order valence-electron chi connectivity index (χ0n) is 20.8. The highest BCUT2D eigenvalue weighted by molar-refractivity contribution is 6.83. The number of benzene rings is 1. The minimum Gasteiger partial charge on any atom is -0.412 e. The van der Waals surface area contributed by atoms with Crippen molar-refractivity contribution in [3.63, 3.8) is 0 Å². The molecule has 0 saturated carbocycles. The quantitative estimate of drug-likeness (QED) is 0.294. The summed E-state index contributed by atoms with van der Waals surface area (Å²) in [6, 6.07) is 10.3. The Morgan fingerprint density at radius 3 is 2.13 bits per heavy atom. The lowest BCUT2D eigenvalue weighted by Crippen LogP contribution is -2.54. The third-order valence-corrected chi connectivity index (χ3v) is 10.9. The van der Waals surface area contributed by atoms with Gasteiger partial charge in [-0.15, -0.1) is 5.54 Å². The molecular weight excluding hydrogens is 406 g/mol. The molecule has 30 heavy (non-hydrogen) atoms. The molecule has 0 heterocycles. The van der Waals surface area contributed by atoms with E-state index in [4.69, 9.17) is 13.9 Å². The predicted molar refractivity (Wildman–Crippen MR) is 133 cm³/mol. The molecule has 0 saturated heterocycles. The lowest BCUT2D eigenvalue weighted by atomic mass is 10.1. The van der Waals surface area contributed by atoms with Gasteiger partial charge in [0, 0.05) is 13.7 Å². The molecular formula is C24H43NO3Si2. The summed E-state index contributed by atoms with van der Waals surface area (Å²) in [4.78, 5) is 0. The molecule has 0 unspecified atom stereocenters. The van der Waals surface area contributed by atoms with E-state index in [1.165, 1.54) is 5.56 Å². The maximum absolute atomic E-state index is 6.74. The molecule has 0 spiro atoms. The highest BCUT2D eigenvalue weighted by atomic mass is 28.4. The van der Waals surface area contributed by atoms with Crippen LogP contribution in [0.3, 0.4) is 0 Å². The highest BCUT2D eigenvalue weighted by Crippen LogP contribution is 2.37. The van der Waals surface area contributed by atoms with Crippen LogP contribution in [0.5, 0.6) is 0 Å². The number of hydrogen-bond acceptors (Lipinski definition) is 4. The zero-order valence-corrected chi connectivity index (χ0v) is 22.8. The number of rotatable bonds is 10. The third-order valence-electron chi connectivity index (χ3n) is 5.46. The molecule has 6 heteroatoms. The predicted octanol–water partition coefficient (Wildman–Crippen LogP) is 5.43. The first-order chi connectivity index (χ1) is 13.8. The zero-order chi connectivity index (χ0) is 23.0. The topological polar surface area (TPSA) is 39.7 Å². The monoisotopic (exact) mass is 449 g/mol. The van der Waals surface area contributed by atoms with Gasteiger partial charge in [-0.3, -0.25) is 0 Å². The van der Waals surface area contributed by atoms with E-state index < -0.39 is 16.4 Å². The summed E-state index contributed by atoms with van der Waals surface area (Å²) < 4.78 is 18.0. The van der Waals surface area contributed by atoms with Gasteiger partial charge in [0.15, 0.2) is 8.32 Å². The second-order valence-corrected chi connectivity index (χ2v) is 20.0. The molecule has 0 fully saturated rings. The Morgan fingerprint density at radius 2 is 1.63 bits per heavy atom. The number of hydrogen-bond donors (Lipinski definition) is 1. The summed E-state index contributed by atoms with van der Waals surface area (Å²) in [6.07, 6.45) is -0.354. The Morgan fingerprint density at radius 1 is 1.03 bits per heavy atom. The van der Waals surface area contributed by atoms with E-state index in [1.54, 1.807) is 7.11 Å². The van der Waals surface area contributed by atoms with Gasteiger partial charge in [-0.2, -0.15) is 0 Å². The van der Waals surface area contributed by atoms with E-state index in [-0.39, 0.29) is 30.1 Å². The fourth-order valence-electron chi connectivity index (χ4n) is 2.73. The van der Waals surface area contributed by atoms with Crippen molar-refractivity contribution in [3.05, 3.63) is 35.9 Å². The third kappa shape index (κ3) is 9.46.